The standard InChI is InChI=1S/C31H38FN3O5S/c1-6-23(3)33-31(37)28(19-24-12-8-7-9-13-24)34(20-25-14-10-11-15-26(25)32)30(36)21-35(41(5,38)39)27-18-22(2)16-17-29(27)40-4/h7-18,23,28H,6,19-21H2,1-5H3,(H,33,37)/t23-,28+/m0/s1. The molecule has 0 bridgehead atoms. The number of carbonyl (C=O) groups excluding carboxylic acids is 2. The van der Waals surface area contributed by atoms with E-state index in [4.69, 9.17) is 4.74 Å². The van der Waals surface area contributed by atoms with Gasteiger partial charge < -0.3 is 15.0 Å². The number of hydrogen-bond donors (Lipinski definition) is 1. The van der Waals surface area contributed by atoms with E-state index in [9.17, 15) is 22.4 Å². The van der Waals surface area contributed by atoms with E-state index in [0.717, 1.165) is 21.7 Å². The van der Waals surface area contributed by atoms with Crippen LogP contribution in [0.15, 0.2) is 72.8 Å². The predicted molar refractivity (Wildman–Crippen MR) is 159 cm³/mol. The minimum absolute atomic E-state index is 0.149. The Hall–Kier alpha value is -3.92. The Bertz CT molecular complexity index is 1450. The van der Waals surface area contributed by atoms with Crippen molar-refractivity contribution in [3.63, 3.8) is 0 Å². The Balaban J connectivity index is 2.11. The van der Waals surface area contributed by atoms with Gasteiger partial charge in [0.2, 0.25) is 21.8 Å². The molecule has 3 aromatic carbocycles. The molecular formula is C31H38FN3O5S. The number of rotatable bonds is 13. The monoisotopic (exact) mass is 583 g/mol. The lowest BCUT2D eigenvalue weighted by Crippen LogP contribution is -2.54. The van der Waals surface area contributed by atoms with E-state index in [1.54, 1.807) is 37.3 Å². The topological polar surface area (TPSA) is 96.0 Å². The quantitative estimate of drug-likeness (QED) is 0.321. The lowest BCUT2D eigenvalue weighted by atomic mass is 10.0. The van der Waals surface area contributed by atoms with E-state index in [-0.39, 0.29) is 36.0 Å². The number of benzene rings is 3. The van der Waals surface area contributed by atoms with E-state index in [1.165, 1.54) is 24.1 Å². The van der Waals surface area contributed by atoms with Crippen molar-refractivity contribution >= 4 is 27.5 Å². The summed E-state index contributed by atoms with van der Waals surface area (Å²) in [4.78, 5) is 29.1. The van der Waals surface area contributed by atoms with Gasteiger partial charge in [0.05, 0.1) is 19.1 Å². The number of sulfonamides is 1. The zero-order valence-electron chi connectivity index (χ0n) is 24.1. The molecule has 0 radical (unpaired) electrons. The molecule has 0 saturated carbocycles. The van der Waals surface area contributed by atoms with Crippen LogP contribution in [0.3, 0.4) is 0 Å². The second-order valence-corrected chi connectivity index (χ2v) is 12.0. The van der Waals surface area contributed by atoms with E-state index in [1.807, 2.05) is 44.2 Å². The Kier molecular flexibility index (Phi) is 10.9. The largest absolute Gasteiger partial charge is 0.495 e. The molecule has 3 rings (SSSR count). The Morgan fingerprint density at radius 2 is 1.68 bits per heavy atom. The van der Waals surface area contributed by atoms with Crippen molar-refractivity contribution in [2.24, 2.45) is 0 Å². The van der Waals surface area contributed by atoms with Crippen molar-refractivity contribution in [1.29, 1.82) is 0 Å². The molecule has 1 N–H and O–H groups in total. The van der Waals surface area contributed by atoms with Crippen LogP contribution in [0.5, 0.6) is 5.75 Å². The summed E-state index contributed by atoms with van der Waals surface area (Å²) in [6, 6.07) is 19.0. The molecule has 2 amide bonds. The zero-order chi connectivity index (χ0) is 30.2. The van der Waals surface area contributed by atoms with Crippen LogP contribution in [-0.2, 0) is 32.6 Å². The number of hydrogen-bond acceptors (Lipinski definition) is 5. The van der Waals surface area contributed by atoms with E-state index in [0.29, 0.717) is 6.42 Å². The summed E-state index contributed by atoms with van der Waals surface area (Å²) in [6.07, 6.45) is 1.82. The molecule has 0 unspecified atom stereocenters. The third-order valence-corrected chi connectivity index (χ3v) is 7.98. The maximum Gasteiger partial charge on any atom is 0.244 e. The molecule has 0 aromatic heterocycles. The van der Waals surface area contributed by atoms with Gasteiger partial charge in [-0.2, -0.15) is 0 Å². The fourth-order valence-electron chi connectivity index (χ4n) is 4.39. The van der Waals surface area contributed by atoms with Crippen molar-refractivity contribution in [1.82, 2.24) is 10.2 Å². The van der Waals surface area contributed by atoms with Gasteiger partial charge in [0.25, 0.3) is 0 Å². The molecule has 0 saturated heterocycles. The molecule has 10 heteroatoms. The molecule has 220 valence electrons. The molecule has 8 nitrogen and oxygen atoms in total. The lowest BCUT2D eigenvalue weighted by Gasteiger charge is -2.34. The van der Waals surface area contributed by atoms with E-state index < -0.39 is 40.2 Å². The highest BCUT2D eigenvalue weighted by atomic mass is 32.2. The van der Waals surface area contributed by atoms with Gasteiger partial charge in [-0.15, -0.1) is 0 Å². The van der Waals surface area contributed by atoms with Gasteiger partial charge in [0.1, 0.15) is 24.2 Å². The SMILES string of the molecule is CC[C@H](C)NC(=O)[C@@H](Cc1ccccc1)N(Cc1ccccc1F)C(=O)CN(c1cc(C)ccc1OC)S(C)(=O)=O. The first-order chi connectivity index (χ1) is 19.4. The summed E-state index contributed by atoms with van der Waals surface area (Å²) in [5.74, 6) is -1.34. The lowest BCUT2D eigenvalue weighted by molar-refractivity contribution is -0.140. The van der Waals surface area contributed by atoms with Gasteiger partial charge in [-0.3, -0.25) is 13.9 Å². The summed E-state index contributed by atoms with van der Waals surface area (Å²) in [5, 5.41) is 2.95. The van der Waals surface area contributed by atoms with Crippen LogP contribution in [-0.4, -0.2) is 57.1 Å². The average Bonchev–Trinajstić information content (AvgIpc) is 2.94. The number of ether oxygens (including phenoxy) is 1. The number of nitrogens with one attached hydrogen (secondary N) is 1. The fraction of sp³-hybridized carbons (Fsp3) is 0.355. The van der Waals surface area contributed by atoms with Gasteiger partial charge in [0.15, 0.2) is 0 Å². The smallest absolute Gasteiger partial charge is 0.244 e. The van der Waals surface area contributed by atoms with E-state index in [2.05, 4.69) is 5.32 Å². The van der Waals surface area contributed by atoms with Crippen LogP contribution in [0, 0.1) is 12.7 Å². The fourth-order valence-corrected chi connectivity index (χ4v) is 5.24. The minimum atomic E-state index is -3.97. The van der Waals surface area contributed by atoms with Crippen LogP contribution in [0.25, 0.3) is 0 Å². The van der Waals surface area contributed by atoms with Crippen molar-refractivity contribution in [3.05, 3.63) is 95.3 Å². The van der Waals surface area contributed by atoms with Crippen LogP contribution >= 0.6 is 0 Å². The number of aryl methyl sites for hydroxylation is 1. The summed E-state index contributed by atoms with van der Waals surface area (Å²) in [5.41, 5.74) is 1.95. The Morgan fingerprint density at radius 1 is 1.02 bits per heavy atom. The highest BCUT2D eigenvalue weighted by Gasteiger charge is 2.34. The second-order valence-electron chi connectivity index (χ2n) is 10.1. The zero-order valence-corrected chi connectivity index (χ0v) is 24.9. The number of nitrogens with zero attached hydrogens (tertiary/aromatic N) is 2. The van der Waals surface area contributed by atoms with Gasteiger partial charge in [0, 0.05) is 24.6 Å². The first-order valence-electron chi connectivity index (χ1n) is 13.4. The highest BCUT2D eigenvalue weighted by molar-refractivity contribution is 7.92. The van der Waals surface area contributed by atoms with Gasteiger partial charge in [-0.1, -0.05) is 61.5 Å². The highest BCUT2D eigenvalue weighted by Crippen LogP contribution is 2.31. The third kappa shape index (κ3) is 8.53. The number of methoxy groups -OCH3 is 1. The van der Waals surface area contributed by atoms with Crippen LogP contribution in [0.4, 0.5) is 10.1 Å². The molecule has 0 aliphatic carbocycles. The van der Waals surface area contributed by atoms with Gasteiger partial charge in [-0.25, -0.2) is 12.8 Å². The van der Waals surface area contributed by atoms with Crippen LogP contribution in [0.2, 0.25) is 0 Å². The summed E-state index contributed by atoms with van der Waals surface area (Å²) in [7, 11) is -2.56. The molecule has 0 heterocycles. The predicted octanol–water partition coefficient (Wildman–Crippen LogP) is 4.46. The van der Waals surface area contributed by atoms with Crippen molar-refractivity contribution in [3.8, 4) is 5.75 Å². The Morgan fingerprint density at radius 3 is 2.29 bits per heavy atom. The molecule has 41 heavy (non-hydrogen) atoms. The van der Waals surface area contributed by atoms with Gasteiger partial charge >= 0.3 is 0 Å². The molecular weight excluding hydrogens is 545 g/mol. The number of halogens is 1. The molecule has 2 atom stereocenters. The van der Waals surface area contributed by atoms with E-state index >= 15 is 0 Å². The van der Waals surface area contributed by atoms with Crippen LogP contribution in [0.1, 0.15) is 37.0 Å². The molecule has 0 aliphatic heterocycles. The van der Waals surface area contributed by atoms with Crippen molar-refractivity contribution in [2.75, 3.05) is 24.2 Å². The number of carbonyl (C=O) groups is 2. The van der Waals surface area contributed by atoms with Gasteiger partial charge in [-0.05, 0) is 49.6 Å². The average molecular weight is 584 g/mol. The van der Waals surface area contributed by atoms with Crippen molar-refractivity contribution in [2.45, 2.75) is 52.2 Å². The van der Waals surface area contributed by atoms with Crippen molar-refractivity contribution < 1.29 is 27.1 Å². The number of amides is 2. The normalized spacial score (nSPS) is 12.7. The first-order valence-corrected chi connectivity index (χ1v) is 15.3. The molecule has 0 spiro atoms. The summed E-state index contributed by atoms with van der Waals surface area (Å²) >= 11 is 0. The van der Waals surface area contributed by atoms with Crippen LogP contribution < -0.4 is 14.4 Å². The molecule has 3 aromatic rings. The maximum atomic E-state index is 14.9. The third-order valence-electron chi connectivity index (χ3n) is 6.85. The maximum absolute atomic E-state index is 14.9. The summed E-state index contributed by atoms with van der Waals surface area (Å²) in [6.45, 7) is 4.73. The molecule has 0 aliphatic rings. The molecule has 0 fully saturated rings. The summed E-state index contributed by atoms with van der Waals surface area (Å²) < 4.78 is 47.3. The first kappa shape index (κ1) is 31.6. The Labute approximate surface area is 242 Å². The number of anilines is 1. The second kappa shape index (κ2) is 14.1. The minimum Gasteiger partial charge on any atom is -0.495 e.